The lowest BCUT2D eigenvalue weighted by molar-refractivity contribution is 0.612. The van der Waals surface area contributed by atoms with Crippen molar-refractivity contribution in [2.45, 2.75) is 24.6 Å². The molecule has 1 aliphatic carbocycles. The van der Waals surface area contributed by atoms with Gasteiger partial charge in [-0.25, -0.2) is 4.39 Å². The second-order valence-corrected chi connectivity index (χ2v) is 7.47. The standard InChI is InChI=1S/C14H10BrCl2FS/c15-9-6-11(18)8(5-10(9)16)14(17)13-4-7-2-1-3-12(7)19-13/h4-6,14H,1-3H2. The van der Waals surface area contributed by atoms with Gasteiger partial charge in [-0.1, -0.05) is 11.6 Å². The molecular weight excluding hydrogens is 370 g/mol. The summed E-state index contributed by atoms with van der Waals surface area (Å²) < 4.78 is 14.6. The molecule has 1 unspecified atom stereocenters. The van der Waals surface area contributed by atoms with Gasteiger partial charge in [0.05, 0.1) is 10.4 Å². The number of aryl methyl sites for hydroxylation is 2. The number of benzene rings is 1. The van der Waals surface area contributed by atoms with E-state index in [1.54, 1.807) is 17.4 Å². The Morgan fingerprint density at radius 2 is 2.05 bits per heavy atom. The highest BCUT2D eigenvalue weighted by molar-refractivity contribution is 9.10. The number of hydrogen-bond donors (Lipinski definition) is 0. The van der Waals surface area contributed by atoms with E-state index < -0.39 is 5.38 Å². The summed E-state index contributed by atoms with van der Waals surface area (Å²) in [6.45, 7) is 0. The molecule has 5 heteroatoms. The van der Waals surface area contributed by atoms with Crippen LogP contribution in [-0.4, -0.2) is 0 Å². The van der Waals surface area contributed by atoms with Gasteiger partial charge in [0.15, 0.2) is 0 Å². The van der Waals surface area contributed by atoms with Crippen LogP contribution in [0.4, 0.5) is 4.39 Å². The summed E-state index contributed by atoms with van der Waals surface area (Å²) in [6, 6.07) is 5.08. The molecular formula is C14H10BrCl2FS. The molecule has 0 saturated carbocycles. The Morgan fingerprint density at radius 1 is 1.26 bits per heavy atom. The highest BCUT2D eigenvalue weighted by atomic mass is 79.9. The van der Waals surface area contributed by atoms with Crippen LogP contribution in [0.1, 0.15) is 32.7 Å². The van der Waals surface area contributed by atoms with Crippen LogP contribution < -0.4 is 0 Å². The molecule has 3 rings (SSSR count). The van der Waals surface area contributed by atoms with Crippen molar-refractivity contribution in [1.82, 2.24) is 0 Å². The van der Waals surface area contributed by atoms with Crippen LogP contribution in [0.2, 0.25) is 5.02 Å². The Kier molecular flexibility index (Phi) is 3.91. The molecule has 1 aromatic carbocycles. The van der Waals surface area contributed by atoms with Crippen LogP contribution in [-0.2, 0) is 12.8 Å². The number of halogens is 4. The van der Waals surface area contributed by atoms with Crippen molar-refractivity contribution >= 4 is 50.5 Å². The molecule has 0 amide bonds. The first-order valence-electron chi connectivity index (χ1n) is 5.96. The van der Waals surface area contributed by atoms with E-state index in [9.17, 15) is 4.39 Å². The maximum absolute atomic E-state index is 14.0. The molecule has 19 heavy (non-hydrogen) atoms. The molecule has 0 bridgehead atoms. The maximum atomic E-state index is 14.0. The molecule has 1 aliphatic rings. The number of hydrogen-bond acceptors (Lipinski definition) is 1. The molecule has 2 aromatic rings. The molecule has 0 saturated heterocycles. The third-order valence-electron chi connectivity index (χ3n) is 3.33. The van der Waals surface area contributed by atoms with Crippen molar-refractivity contribution < 1.29 is 4.39 Å². The van der Waals surface area contributed by atoms with Gasteiger partial charge in [0, 0.05) is 19.8 Å². The minimum atomic E-state index is -0.471. The van der Waals surface area contributed by atoms with Gasteiger partial charge in [-0.2, -0.15) is 0 Å². The Morgan fingerprint density at radius 3 is 2.79 bits per heavy atom. The summed E-state index contributed by atoms with van der Waals surface area (Å²) in [5.41, 5.74) is 1.81. The van der Waals surface area contributed by atoms with E-state index in [2.05, 4.69) is 22.0 Å². The zero-order valence-corrected chi connectivity index (χ0v) is 13.8. The summed E-state index contributed by atoms with van der Waals surface area (Å²) >= 11 is 17.3. The Bertz CT molecular complexity index is 617. The highest BCUT2D eigenvalue weighted by Gasteiger charge is 2.22. The zero-order chi connectivity index (χ0) is 13.6. The Balaban J connectivity index is 1.99. The number of thiophene rings is 1. The maximum Gasteiger partial charge on any atom is 0.129 e. The minimum absolute atomic E-state index is 0.329. The molecule has 0 fully saturated rings. The van der Waals surface area contributed by atoms with Gasteiger partial charge in [0.2, 0.25) is 0 Å². The minimum Gasteiger partial charge on any atom is -0.207 e. The number of rotatable bonds is 2. The lowest BCUT2D eigenvalue weighted by Gasteiger charge is -2.10. The van der Waals surface area contributed by atoms with Gasteiger partial charge < -0.3 is 0 Å². The fourth-order valence-corrected chi connectivity index (χ4v) is 4.47. The van der Waals surface area contributed by atoms with Gasteiger partial charge in [-0.3, -0.25) is 0 Å². The third kappa shape index (κ3) is 2.58. The molecule has 0 spiro atoms. The van der Waals surface area contributed by atoms with Gasteiger partial charge in [0.1, 0.15) is 5.82 Å². The van der Waals surface area contributed by atoms with Crippen LogP contribution in [0.3, 0.4) is 0 Å². The summed E-state index contributed by atoms with van der Waals surface area (Å²) in [7, 11) is 0. The summed E-state index contributed by atoms with van der Waals surface area (Å²) in [4.78, 5) is 2.40. The van der Waals surface area contributed by atoms with E-state index >= 15 is 0 Å². The fourth-order valence-electron chi connectivity index (χ4n) is 2.36. The van der Waals surface area contributed by atoms with Gasteiger partial charge in [0.25, 0.3) is 0 Å². The smallest absolute Gasteiger partial charge is 0.129 e. The third-order valence-corrected chi connectivity index (χ3v) is 6.43. The molecule has 0 aliphatic heterocycles. The fraction of sp³-hybridized carbons (Fsp3) is 0.286. The molecule has 1 aromatic heterocycles. The van der Waals surface area contributed by atoms with Crippen molar-refractivity contribution in [3.05, 3.63) is 54.4 Å². The molecule has 0 radical (unpaired) electrons. The average Bonchev–Trinajstić information content (AvgIpc) is 2.93. The number of alkyl halides is 1. The van der Waals surface area contributed by atoms with E-state index in [0.717, 1.165) is 17.7 Å². The topological polar surface area (TPSA) is 0 Å². The Labute approximate surface area is 133 Å². The first kappa shape index (κ1) is 13.9. The summed E-state index contributed by atoms with van der Waals surface area (Å²) in [5, 5.41) is 0.00680. The Hall–Kier alpha value is -0.0900. The summed E-state index contributed by atoms with van der Waals surface area (Å²) in [5.74, 6) is -0.329. The van der Waals surface area contributed by atoms with Crippen molar-refractivity contribution in [2.75, 3.05) is 0 Å². The lowest BCUT2D eigenvalue weighted by atomic mass is 10.1. The van der Waals surface area contributed by atoms with Crippen molar-refractivity contribution in [3.63, 3.8) is 0 Å². The molecule has 0 N–H and O–H groups in total. The molecule has 100 valence electrons. The predicted octanol–water partition coefficient (Wildman–Crippen LogP) is 6.12. The van der Waals surface area contributed by atoms with E-state index in [1.165, 1.54) is 22.9 Å². The molecule has 1 heterocycles. The molecule has 1 atom stereocenters. The first-order valence-corrected chi connectivity index (χ1v) is 8.38. The van der Waals surface area contributed by atoms with E-state index in [0.29, 0.717) is 15.1 Å². The largest absolute Gasteiger partial charge is 0.207 e. The van der Waals surface area contributed by atoms with Crippen LogP contribution in [0.5, 0.6) is 0 Å². The van der Waals surface area contributed by atoms with E-state index in [-0.39, 0.29) is 5.82 Å². The lowest BCUT2D eigenvalue weighted by Crippen LogP contribution is -1.95. The van der Waals surface area contributed by atoms with Crippen LogP contribution in [0.25, 0.3) is 0 Å². The monoisotopic (exact) mass is 378 g/mol. The average molecular weight is 380 g/mol. The van der Waals surface area contributed by atoms with Crippen molar-refractivity contribution in [2.24, 2.45) is 0 Å². The molecule has 0 nitrogen and oxygen atoms in total. The predicted molar refractivity (Wildman–Crippen MR) is 83.2 cm³/mol. The normalized spacial score (nSPS) is 15.6. The van der Waals surface area contributed by atoms with Crippen LogP contribution in [0.15, 0.2) is 22.7 Å². The summed E-state index contributed by atoms with van der Waals surface area (Å²) in [6.07, 6.45) is 3.44. The van der Waals surface area contributed by atoms with E-state index in [1.807, 2.05) is 0 Å². The van der Waals surface area contributed by atoms with Gasteiger partial charge in [-0.05, 0) is 59.0 Å². The van der Waals surface area contributed by atoms with E-state index in [4.69, 9.17) is 23.2 Å². The zero-order valence-electron chi connectivity index (χ0n) is 9.85. The number of fused-ring (bicyclic) bond motifs is 1. The van der Waals surface area contributed by atoms with Crippen LogP contribution in [0, 0.1) is 5.82 Å². The first-order chi connectivity index (χ1) is 9.06. The quantitative estimate of drug-likeness (QED) is 0.435. The van der Waals surface area contributed by atoms with Gasteiger partial charge >= 0.3 is 0 Å². The highest BCUT2D eigenvalue weighted by Crippen LogP contribution is 2.41. The van der Waals surface area contributed by atoms with Crippen molar-refractivity contribution in [1.29, 1.82) is 0 Å². The second-order valence-electron chi connectivity index (χ2n) is 4.60. The van der Waals surface area contributed by atoms with Gasteiger partial charge in [-0.15, -0.1) is 22.9 Å². The SMILES string of the molecule is Fc1cc(Br)c(Cl)cc1C(Cl)c1cc2c(s1)CCC2. The second kappa shape index (κ2) is 5.36. The van der Waals surface area contributed by atoms with Crippen molar-refractivity contribution in [3.8, 4) is 0 Å². The van der Waals surface area contributed by atoms with Crippen LogP contribution >= 0.6 is 50.5 Å².